The lowest BCUT2D eigenvalue weighted by molar-refractivity contribution is 0.706. The van der Waals surface area contributed by atoms with Crippen molar-refractivity contribution in [2.45, 2.75) is 26.7 Å². The van der Waals surface area contributed by atoms with Crippen LogP contribution in [0.3, 0.4) is 0 Å². The molecule has 1 aliphatic rings. The fourth-order valence-corrected chi connectivity index (χ4v) is 2.78. The van der Waals surface area contributed by atoms with Gasteiger partial charge in [-0.25, -0.2) is 0 Å². The van der Waals surface area contributed by atoms with Crippen LogP contribution < -0.4 is 0 Å². The zero-order chi connectivity index (χ0) is 12.4. The maximum atomic E-state index is 8.92. The van der Waals surface area contributed by atoms with Gasteiger partial charge < -0.3 is 0 Å². The van der Waals surface area contributed by atoms with Crippen LogP contribution in [-0.4, -0.2) is 0 Å². The van der Waals surface area contributed by atoms with E-state index in [-0.39, 0.29) is 0 Å². The third kappa shape index (κ3) is 2.03. The highest BCUT2D eigenvalue weighted by Crippen LogP contribution is 2.40. The molecule has 1 unspecified atom stereocenters. The molecule has 0 spiro atoms. The molecule has 1 aromatic carbocycles. The van der Waals surface area contributed by atoms with Crippen LogP contribution in [0.15, 0.2) is 30.9 Å². The zero-order valence-corrected chi connectivity index (χ0v) is 10.5. The lowest BCUT2D eigenvalue weighted by atomic mass is 9.96. The smallest absolute Gasteiger partial charge is 0.0915 e. The van der Waals surface area contributed by atoms with Gasteiger partial charge in [0.15, 0.2) is 0 Å². The Labute approximate surface area is 103 Å². The van der Waals surface area contributed by atoms with E-state index in [1.807, 2.05) is 6.08 Å². The summed E-state index contributed by atoms with van der Waals surface area (Å²) in [7, 11) is 0. The average Bonchev–Trinajstić information content (AvgIpc) is 2.59. The Morgan fingerprint density at radius 2 is 2.24 bits per heavy atom. The molecule has 0 radical (unpaired) electrons. The molecule has 1 heteroatoms. The van der Waals surface area contributed by atoms with Crippen LogP contribution in [0.5, 0.6) is 0 Å². The quantitative estimate of drug-likeness (QED) is 0.550. The Hall–Kier alpha value is -1.81. The second-order valence-corrected chi connectivity index (χ2v) is 4.76. The largest absolute Gasteiger partial charge is 0.193 e. The van der Waals surface area contributed by atoms with Crippen LogP contribution in [0.2, 0.25) is 0 Å². The van der Waals surface area contributed by atoms with Gasteiger partial charge in [-0.05, 0) is 54.9 Å². The molecule has 0 aromatic heterocycles. The van der Waals surface area contributed by atoms with E-state index in [0.29, 0.717) is 5.92 Å². The monoisotopic (exact) mass is 223 g/mol. The number of hydrogen-bond acceptors (Lipinski definition) is 1. The first-order chi connectivity index (χ1) is 8.17. The van der Waals surface area contributed by atoms with Crippen molar-refractivity contribution in [2.75, 3.05) is 0 Å². The summed E-state index contributed by atoms with van der Waals surface area (Å²) >= 11 is 0. The second-order valence-electron chi connectivity index (χ2n) is 4.76. The van der Waals surface area contributed by atoms with Crippen molar-refractivity contribution in [1.29, 1.82) is 5.26 Å². The predicted molar refractivity (Wildman–Crippen MR) is 71.5 cm³/mol. The van der Waals surface area contributed by atoms with Crippen molar-refractivity contribution in [3.63, 3.8) is 0 Å². The summed E-state index contributed by atoms with van der Waals surface area (Å²) in [6.45, 7) is 8.08. The van der Waals surface area contributed by atoms with Gasteiger partial charge in [-0.1, -0.05) is 23.8 Å². The van der Waals surface area contributed by atoms with E-state index >= 15 is 0 Å². The van der Waals surface area contributed by atoms with Crippen molar-refractivity contribution in [1.82, 2.24) is 0 Å². The SMILES string of the molecule is C=CCC1Cc2c(C)cc(C)cc2/C1=C/C#N. The molecule has 1 atom stereocenters. The number of rotatable bonds is 2. The molecule has 2 rings (SSSR count). The fourth-order valence-electron chi connectivity index (χ4n) is 2.78. The molecule has 0 N–H and O–H groups in total. The third-order valence-corrected chi connectivity index (χ3v) is 3.49. The Morgan fingerprint density at radius 3 is 2.88 bits per heavy atom. The lowest BCUT2D eigenvalue weighted by Gasteiger charge is -2.08. The molecule has 1 aromatic rings. The van der Waals surface area contributed by atoms with Gasteiger partial charge >= 0.3 is 0 Å². The summed E-state index contributed by atoms with van der Waals surface area (Å²) in [5, 5.41) is 8.92. The van der Waals surface area contributed by atoms with Gasteiger partial charge in [0, 0.05) is 6.08 Å². The van der Waals surface area contributed by atoms with Crippen molar-refractivity contribution in [3.8, 4) is 6.07 Å². The van der Waals surface area contributed by atoms with Gasteiger partial charge in [0.1, 0.15) is 0 Å². The average molecular weight is 223 g/mol. The summed E-state index contributed by atoms with van der Waals surface area (Å²) < 4.78 is 0. The lowest BCUT2D eigenvalue weighted by Crippen LogP contribution is -1.96. The number of aryl methyl sites for hydroxylation is 2. The number of nitrogens with zero attached hydrogens (tertiary/aromatic N) is 1. The molecule has 0 bridgehead atoms. The maximum absolute atomic E-state index is 8.92. The highest BCUT2D eigenvalue weighted by molar-refractivity contribution is 5.77. The van der Waals surface area contributed by atoms with Crippen molar-refractivity contribution < 1.29 is 0 Å². The van der Waals surface area contributed by atoms with E-state index in [4.69, 9.17) is 5.26 Å². The van der Waals surface area contributed by atoms with Gasteiger partial charge in [0.05, 0.1) is 6.07 Å². The molecular weight excluding hydrogens is 206 g/mol. The number of hydrogen-bond donors (Lipinski definition) is 0. The van der Waals surface area contributed by atoms with Gasteiger partial charge in [-0.3, -0.25) is 0 Å². The first kappa shape index (κ1) is 11.7. The van der Waals surface area contributed by atoms with E-state index < -0.39 is 0 Å². The summed E-state index contributed by atoms with van der Waals surface area (Å²) in [4.78, 5) is 0. The second kappa shape index (κ2) is 4.59. The normalized spacial score (nSPS) is 20.1. The van der Waals surface area contributed by atoms with Crippen LogP contribution in [0.1, 0.15) is 28.7 Å². The molecule has 0 aliphatic heterocycles. The van der Waals surface area contributed by atoms with E-state index in [1.54, 1.807) is 6.08 Å². The number of nitriles is 1. The Bertz CT molecular complexity index is 529. The Kier molecular flexibility index (Phi) is 3.15. The van der Waals surface area contributed by atoms with Crippen LogP contribution in [0, 0.1) is 31.1 Å². The van der Waals surface area contributed by atoms with Crippen molar-refractivity contribution in [3.05, 3.63) is 53.1 Å². The minimum Gasteiger partial charge on any atom is -0.193 e. The number of allylic oxidation sites excluding steroid dienone is 3. The topological polar surface area (TPSA) is 23.8 Å². The van der Waals surface area contributed by atoms with Gasteiger partial charge in [0.2, 0.25) is 0 Å². The first-order valence-electron chi connectivity index (χ1n) is 5.98. The summed E-state index contributed by atoms with van der Waals surface area (Å²) in [6.07, 6.45) is 5.64. The molecule has 0 heterocycles. The fraction of sp³-hybridized carbons (Fsp3) is 0.312. The zero-order valence-electron chi connectivity index (χ0n) is 10.5. The van der Waals surface area contributed by atoms with E-state index in [9.17, 15) is 0 Å². The van der Waals surface area contributed by atoms with Crippen molar-refractivity contribution >= 4 is 5.57 Å². The first-order valence-corrected chi connectivity index (χ1v) is 5.98. The summed E-state index contributed by atoms with van der Waals surface area (Å²) in [5.74, 6) is 0.433. The van der Waals surface area contributed by atoms with Crippen molar-refractivity contribution in [2.24, 2.45) is 5.92 Å². The molecule has 0 saturated heterocycles. The standard InChI is InChI=1S/C16H17N/c1-4-5-13-10-15-12(3)8-11(2)9-16(15)14(13)6-7-17/h4,6,8-9,13H,1,5,10H2,2-3H3/b14-6+. The van der Waals surface area contributed by atoms with Gasteiger partial charge in [-0.2, -0.15) is 5.26 Å². The van der Waals surface area contributed by atoms with Crippen LogP contribution in [0.25, 0.3) is 5.57 Å². The predicted octanol–water partition coefficient (Wildman–Crippen LogP) is 3.96. The van der Waals surface area contributed by atoms with Crippen LogP contribution in [-0.2, 0) is 6.42 Å². The minimum atomic E-state index is 0.433. The molecule has 1 aliphatic carbocycles. The highest BCUT2D eigenvalue weighted by atomic mass is 14.3. The highest BCUT2D eigenvalue weighted by Gasteiger charge is 2.27. The molecule has 86 valence electrons. The van der Waals surface area contributed by atoms with Crippen LogP contribution in [0.4, 0.5) is 0 Å². The number of fused-ring (bicyclic) bond motifs is 1. The van der Waals surface area contributed by atoms with E-state index in [1.165, 1.54) is 27.8 Å². The molecule has 0 saturated carbocycles. The molecular formula is C16H17N. The molecule has 1 nitrogen and oxygen atoms in total. The molecule has 0 fully saturated rings. The Morgan fingerprint density at radius 1 is 1.47 bits per heavy atom. The summed E-state index contributed by atoms with van der Waals surface area (Å²) in [5.41, 5.74) is 6.48. The third-order valence-electron chi connectivity index (χ3n) is 3.49. The molecule has 0 amide bonds. The number of benzene rings is 1. The van der Waals surface area contributed by atoms with Gasteiger partial charge in [-0.15, -0.1) is 6.58 Å². The van der Waals surface area contributed by atoms with Crippen LogP contribution >= 0.6 is 0 Å². The summed E-state index contributed by atoms with van der Waals surface area (Å²) in [6, 6.07) is 6.61. The van der Waals surface area contributed by atoms with Gasteiger partial charge in [0.25, 0.3) is 0 Å². The van der Waals surface area contributed by atoms with E-state index in [0.717, 1.165) is 12.8 Å². The van der Waals surface area contributed by atoms with E-state index in [2.05, 4.69) is 38.6 Å². The maximum Gasteiger partial charge on any atom is 0.0915 e. The minimum absolute atomic E-state index is 0.433. The molecule has 17 heavy (non-hydrogen) atoms. The Balaban J connectivity index is 2.55.